The van der Waals surface area contributed by atoms with Crippen LogP contribution in [0.2, 0.25) is 0 Å². The van der Waals surface area contributed by atoms with Gasteiger partial charge in [0.1, 0.15) is 6.33 Å². The van der Waals surface area contributed by atoms with Crippen molar-refractivity contribution >= 4 is 5.78 Å². The van der Waals surface area contributed by atoms with Gasteiger partial charge >= 0.3 is 0 Å². The maximum atomic E-state index is 11.4. The fraction of sp³-hybridized carbons (Fsp3) is 0.500. The second-order valence-electron chi connectivity index (χ2n) is 4.04. The van der Waals surface area contributed by atoms with Crippen LogP contribution in [0, 0.1) is 0 Å². The van der Waals surface area contributed by atoms with Crippen molar-refractivity contribution in [1.82, 2.24) is 19.6 Å². The first-order valence-electron chi connectivity index (χ1n) is 5.27. The molecule has 1 N–H and O–H groups in total. The second-order valence-corrected chi connectivity index (χ2v) is 4.04. The molecule has 1 aliphatic rings. The summed E-state index contributed by atoms with van der Waals surface area (Å²) in [5.74, 6) is 1.01. The fourth-order valence-corrected chi connectivity index (χ4v) is 2.37. The summed E-state index contributed by atoms with van der Waals surface area (Å²) in [6.07, 6.45) is 6.27. The fourth-order valence-electron chi connectivity index (χ4n) is 2.37. The Labute approximate surface area is 86.2 Å². The highest BCUT2D eigenvalue weighted by Crippen LogP contribution is 2.32. The first-order valence-corrected chi connectivity index (χ1v) is 5.27. The second kappa shape index (κ2) is 3.18. The number of hydrogen-bond acceptors (Lipinski definition) is 3. The summed E-state index contributed by atoms with van der Waals surface area (Å²) in [4.78, 5) is 18.1. The van der Waals surface area contributed by atoms with Crippen molar-refractivity contribution in [3.63, 3.8) is 0 Å². The van der Waals surface area contributed by atoms with E-state index in [9.17, 15) is 4.79 Å². The molecule has 5 nitrogen and oxygen atoms in total. The lowest BCUT2D eigenvalue weighted by atomic mass is 10.0. The molecule has 78 valence electrons. The zero-order valence-electron chi connectivity index (χ0n) is 8.31. The maximum absolute atomic E-state index is 11.4. The highest BCUT2D eigenvalue weighted by molar-refractivity contribution is 5.28. The summed E-state index contributed by atoms with van der Waals surface area (Å²) in [6, 6.07) is 1.65. The van der Waals surface area contributed by atoms with Crippen molar-refractivity contribution in [3.05, 3.63) is 28.4 Å². The van der Waals surface area contributed by atoms with E-state index in [0.717, 1.165) is 18.5 Å². The van der Waals surface area contributed by atoms with Gasteiger partial charge in [-0.15, -0.1) is 0 Å². The molecule has 3 rings (SSSR count). The summed E-state index contributed by atoms with van der Waals surface area (Å²) >= 11 is 0. The highest BCUT2D eigenvalue weighted by atomic mass is 16.1. The molecule has 0 unspecified atom stereocenters. The lowest BCUT2D eigenvalue weighted by Gasteiger charge is -2.09. The molecule has 2 aromatic heterocycles. The molecule has 0 amide bonds. The number of nitrogens with one attached hydrogen (secondary N) is 1. The molecule has 0 bridgehead atoms. The quantitative estimate of drug-likeness (QED) is 0.755. The number of H-pyrrole nitrogens is 1. The Hall–Kier alpha value is -1.65. The zero-order valence-corrected chi connectivity index (χ0v) is 8.31. The lowest BCUT2D eigenvalue weighted by Crippen LogP contribution is -2.14. The van der Waals surface area contributed by atoms with Gasteiger partial charge in [-0.25, -0.2) is 4.52 Å². The van der Waals surface area contributed by atoms with Crippen LogP contribution in [0.4, 0.5) is 0 Å². The molecular weight excluding hydrogens is 192 g/mol. The Morgan fingerprint density at radius 2 is 2.20 bits per heavy atom. The standard InChI is InChI=1S/C10H12N4O/c15-9-5-8(7-3-1-2-4-7)14-10(13-9)11-6-12-14/h5-7H,1-4H2,(H,11,12,13,15). The Kier molecular flexibility index (Phi) is 1.83. The first kappa shape index (κ1) is 8.64. The van der Waals surface area contributed by atoms with Crippen molar-refractivity contribution in [2.75, 3.05) is 0 Å². The Balaban J connectivity index is 2.22. The topological polar surface area (TPSA) is 63.1 Å². The van der Waals surface area contributed by atoms with Gasteiger partial charge in [-0.2, -0.15) is 10.1 Å². The Morgan fingerprint density at radius 1 is 1.40 bits per heavy atom. The van der Waals surface area contributed by atoms with Crippen LogP contribution in [0.25, 0.3) is 5.78 Å². The molecule has 15 heavy (non-hydrogen) atoms. The molecule has 0 aromatic carbocycles. The van der Waals surface area contributed by atoms with Gasteiger partial charge in [0.2, 0.25) is 5.78 Å². The normalized spacial score (nSPS) is 17.6. The average molecular weight is 204 g/mol. The van der Waals surface area contributed by atoms with Crippen molar-refractivity contribution in [3.8, 4) is 0 Å². The third-order valence-corrected chi connectivity index (χ3v) is 3.08. The molecule has 0 saturated heterocycles. The van der Waals surface area contributed by atoms with Crippen LogP contribution >= 0.6 is 0 Å². The highest BCUT2D eigenvalue weighted by Gasteiger charge is 2.20. The minimum atomic E-state index is -0.0857. The van der Waals surface area contributed by atoms with Gasteiger partial charge in [0.05, 0.1) is 5.69 Å². The third kappa shape index (κ3) is 1.35. The number of nitrogens with zero attached hydrogens (tertiary/aromatic N) is 3. The molecule has 2 aromatic rings. The van der Waals surface area contributed by atoms with E-state index in [1.54, 1.807) is 10.6 Å². The van der Waals surface area contributed by atoms with E-state index in [4.69, 9.17) is 0 Å². The molecule has 0 radical (unpaired) electrons. The predicted octanol–water partition coefficient (Wildman–Crippen LogP) is 1.08. The van der Waals surface area contributed by atoms with Gasteiger partial charge in [-0.05, 0) is 12.8 Å². The van der Waals surface area contributed by atoms with E-state index < -0.39 is 0 Å². The summed E-state index contributed by atoms with van der Waals surface area (Å²) in [7, 11) is 0. The Morgan fingerprint density at radius 3 is 3.00 bits per heavy atom. The number of rotatable bonds is 1. The molecule has 1 aliphatic carbocycles. The summed E-state index contributed by atoms with van der Waals surface area (Å²) in [5.41, 5.74) is 0.918. The van der Waals surface area contributed by atoms with Crippen LogP contribution in [0.1, 0.15) is 37.3 Å². The third-order valence-electron chi connectivity index (χ3n) is 3.08. The van der Waals surface area contributed by atoms with Crippen LogP contribution in [-0.4, -0.2) is 19.6 Å². The SMILES string of the molecule is O=c1cc(C2CCCC2)n2ncnc2[nH]1. The molecule has 5 heteroatoms. The summed E-state index contributed by atoms with van der Waals surface area (Å²) in [6.45, 7) is 0. The van der Waals surface area contributed by atoms with E-state index in [-0.39, 0.29) is 5.56 Å². The van der Waals surface area contributed by atoms with Crippen LogP contribution in [-0.2, 0) is 0 Å². The molecule has 2 heterocycles. The van der Waals surface area contributed by atoms with Gasteiger partial charge in [0.25, 0.3) is 5.56 Å². The van der Waals surface area contributed by atoms with E-state index in [1.165, 1.54) is 19.2 Å². The van der Waals surface area contributed by atoms with Crippen LogP contribution in [0.5, 0.6) is 0 Å². The number of hydrogen-bond donors (Lipinski definition) is 1. The number of aromatic amines is 1. The van der Waals surface area contributed by atoms with E-state index in [1.807, 2.05) is 0 Å². The van der Waals surface area contributed by atoms with E-state index >= 15 is 0 Å². The molecule has 0 spiro atoms. The number of fused-ring (bicyclic) bond motifs is 1. The predicted molar refractivity (Wildman–Crippen MR) is 54.8 cm³/mol. The van der Waals surface area contributed by atoms with E-state index in [2.05, 4.69) is 15.1 Å². The molecule has 0 aliphatic heterocycles. The van der Waals surface area contributed by atoms with Crippen LogP contribution < -0.4 is 5.56 Å². The maximum Gasteiger partial charge on any atom is 0.252 e. The number of aromatic nitrogens is 4. The van der Waals surface area contributed by atoms with Gasteiger partial charge < -0.3 is 0 Å². The molecule has 1 saturated carbocycles. The van der Waals surface area contributed by atoms with Gasteiger partial charge in [0, 0.05) is 12.0 Å². The molecule has 1 fully saturated rings. The first-order chi connectivity index (χ1) is 7.34. The van der Waals surface area contributed by atoms with Crippen molar-refractivity contribution in [2.45, 2.75) is 31.6 Å². The summed E-state index contributed by atoms with van der Waals surface area (Å²) < 4.78 is 1.75. The Bertz CT molecular complexity index is 536. The molecular formula is C10H12N4O. The smallest absolute Gasteiger partial charge is 0.252 e. The van der Waals surface area contributed by atoms with Gasteiger partial charge in [-0.3, -0.25) is 9.78 Å². The zero-order chi connectivity index (χ0) is 10.3. The minimum Gasteiger partial charge on any atom is -0.291 e. The monoisotopic (exact) mass is 204 g/mol. The largest absolute Gasteiger partial charge is 0.291 e. The van der Waals surface area contributed by atoms with Crippen LogP contribution in [0.3, 0.4) is 0 Å². The molecule has 0 atom stereocenters. The lowest BCUT2D eigenvalue weighted by molar-refractivity contribution is 0.659. The average Bonchev–Trinajstić information content (AvgIpc) is 2.86. The van der Waals surface area contributed by atoms with Crippen molar-refractivity contribution in [1.29, 1.82) is 0 Å². The van der Waals surface area contributed by atoms with Crippen LogP contribution in [0.15, 0.2) is 17.2 Å². The van der Waals surface area contributed by atoms with Crippen molar-refractivity contribution < 1.29 is 0 Å². The summed E-state index contributed by atoms with van der Waals surface area (Å²) in [5, 5.41) is 4.14. The minimum absolute atomic E-state index is 0.0857. The van der Waals surface area contributed by atoms with Crippen molar-refractivity contribution in [2.24, 2.45) is 0 Å². The van der Waals surface area contributed by atoms with Gasteiger partial charge in [0.15, 0.2) is 0 Å². The van der Waals surface area contributed by atoms with Gasteiger partial charge in [-0.1, -0.05) is 12.8 Å². The van der Waals surface area contributed by atoms with E-state index in [0.29, 0.717) is 11.7 Å².